The number of likely N-dealkylation sites (tertiary alicyclic amines) is 1. The Bertz CT molecular complexity index is 1280. The molecule has 7 nitrogen and oxygen atoms in total. The Morgan fingerprint density at radius 2 is 1.85 bits per heavy atom. The molecule has 1 aromatic heterocycles. The topological polar surface area (TPSA) is 91.9 Å². The first-order chi connectivity index (χ1) is 16.2. The Labute approximate surface area is 199 Å². The summed E-state index contributed by atoms with van der Waals surface area (Å²) in [5, 5.41) is 12.3. The highest BCUT2D eigenvalue weighted by molar-refractivity contribution is 6.46. The van der Waals surface area contributed by atoms with E-state index in [1.54, 1.807) is 32.5 Å². The number of aromatic nitrogens is 1. The van der Waals surface area contributed by atoms with E-state index in [0.717, 1.165) is 22.0 Å². The molecule has 178 valence electrons. The van der Waals surface area contributed by atoms with Crippen LogP contribution in [0.2, 0.25) is 0 Å². The molecule has 1 atom stereocenters. The zero-order valence-corrected chi connectivity index (χ0v) is 20.1. The molecule has 2 aromatic carbocycles. The van der Waals surface area contributed by atoms with Gasteiger partial charge in [-0.05, 0) is 29.7 Å². The number of Topliss-reactive ketones (excluding diaryl/α,β-unsaturated/α-hetero) is 1. The minimum Gasteiger partial charge on any atom is -0.507 e. The molecule has 1 unspecified atom stereocenters. The number of ether oxygens (including phenoxy) is 2. The van der Waals surface area contributed by atoms with Gasteiger partial charge in [0.25, 0.3) is 11.7 Å². The number of fused-ring (bicyclic) bond motifs is 1. The summed E-state index contributed by atoms with van der Waals surface area (Å²) >= 11 is 0. The molecule has 0 radical (unpaired) electrons. The van der Waals surface area contributed by atoms with Crippen LogP contribution in [0, 0.1) is 0 Å². The number of para-hydroxylation sites is 1. The number of rotatable bonds is 6. The van der Waals surface area contributed by atoms with E-state index < -0.39 is 17.7 Å². The summed E-state index contributed by atoms with van der Waals surface area (Å²) in [5.74, 6) is -0.880. The second-order valence-corrected chi connectivity index (χ2v) is 9.44. The highest BCUT2D eigenvalue weighted by atomic mass is 16.5. The number of carbonyl (C=O) groups excluding carboxylic acids is 2. The van der Waals surface area contributed by atoms with Gasteiger partial charge in [-0.15, -0.1) is 0 Å². The zero-order valence-electron chi connectivity index (χ0n) is 20.1. The number of hydrogen-bond acceptors (Lipinski definition) is 5. The maximum atomic E-state index is 13.3. The fourth-order valence-electron chi connectivity index (χ4n) is 4.54. The van der Waals surface area contributed by atoms with Crippen LogP contribution in [0.1, 0.15) is 43.5 Å². The van der Waals surface area contributed by atoms with E-state index in [-0.39, 0.29) is 29.9 Å². The Balaban J connectivity index is 1.93. The minimum absolute atomic E-state index is 0.0656. The van der Waals surface area contributed by atoms with Gasteiger partial charge in [0.2, 0.25) is 0 Å². The van der Waals surface area contributed by atoms with Crippen LogP contribution in [0.15, 0.2) is 54.2 Å². The Morgan fingerprint density at radius 1 is 1.12 bits per heavy atom. The third kappa shape index (κ3) is 3.96. The van der Waals surface area contributed by atoms with Crippen LogP contribution >= 0.6 is 0 Å². The van der Waals surface area contributed by atoms with Gasteiger partial charge < -0.3 is 24.5 Å². The number of benzene rings is 2. The fourth-order valence-corrected chi connectivity index (χ4v) is 4.54. The van der Waals surface area contributed by atoms with Crippen LogP contribution in [-0.2, 0) is 19.7 Å². The molecule has 2 heterocycles. The number of nitrogens with zero attached hydrogens (tertiary/aromatic N) is 1. The number of aromatic amines is 1. The van der Waals surface area contributed by atoms with Gasteiger partial charge in [0.1, 0.15) is 11.5 Å². The third-order valence-corrected chi connectivity index (χ3v) is 6.27. The van der Waals surface area contributed by atoms with Crippen molar-refractivity contribution in [2.75, 3.05) is 27.4 Å². The monoisotopic (exact) mass is 462 g/mol. The molecule has 3 aromatic rings. The summed E-state index contributed by atoms with van der Waals surface area (Å²) in [6, 6.07) is 12.2. The van der Waals surface area contributed by atoms with Crippen molar-refractivity contribution in [1.82, 2.24) is 9.88 Å². The van der Waals surface area contributed by atoms with E-state index in [1.165, 1.54) is 4.90 Å². The number of carbonyl (C=O) groups is 2. The Morgan fingerprint density at radius 3 is 2.53 bits per heavy atom. The van der Waals surface area contributed by atoms with Crippen LogP contribution in [0.25, 0.3) is 16.7 Å². The Hall–Kier alpha value is -3.58. The standard InChI is InChI=1S/C27H30N2O5/c1-27(2,3)19-14-16(10-11-21(19)34-5)24(30)22-23(29(12-13-33-4)26(32)25(22)31)18-15-28-20-9-7-6-8-17(18)20/h6-11,14-15,23,28,30H,12-13H2,1-5H3/b24-22+. The molecule has 7 heteroatoms. The summed E-state index contributed by atoms with van der Waals surface area (Å²) < 4.78 is 10.7. The fraction of sp³-hybridized carbons (Fsp3) is 0.333. The van der Waals surface area contributed by atoms with Crippen LogP contribution in [0.5, 0.6) is 5.75 Å². The summed E-state index contributed by atoms with van der Waals surface area (Å²) in [6.07, 6.45) is 1.79. The van der Waals surface area contributed by atoms with E-state index in [2.05, 4.69) is 4.98 Å². The molecule has 34 heavy (non-hydrogen) atoms. The highest BCUT2D eigenvalue weighted by Gasteiger charge is 2.46. The maximum Gasteiger partial charge on any atom is 0.295 e. The van der Waals surface area contributed by atoms with Gasteiger partial charge in [-0.2, -0.15) is 0 Å². The molecule has 0 spiro atoms. The first-order valence-electron chi connectivity index (χ1n) is 11.2. The summed E-state index contributed by atoms with van der Waals surface area (Å²) in [5.41, 5.74) is 2.78. The number of amides is 1. The van der Waals surface area contributed by atoms with Gasteiger partial charge in [0, 0.05) is 47.4 Å². The summed E-state index contributed by atoms with van der Waals surface area (Å²) in [6.45, 7) is 6.62. The van der Waals surface area contributed by atoms with E-state index in [9.17, 15) is 14.7 Å². The zero-order chi connectivity index (χ0) is 24.6. The number of aliphatic hydroxyl groups is 1. The lowest BCUT2D eigenvalue weighted by molar-refractivity contribution is -0.140. The van der Waals surface area contributed by atoms with Gasteiger partial charge in [-0.3, -0.25) is 9.59 Å². The van der Waals surface area contributed by atoms with Gasteiger partial charge in [-0.1, -0.05) is 39.0 Å². The largest absolute Gasteiger partial charge is 0.507 e. The van der Waals surface area contributed by atoms with E-state index in [0.29, 0.717) is 11.3 Å². The van der Waals surface area contributed by atoms with E-state index >= 15 is 0 Å². The number of methoxy groups -OCH3 is 2. The lowest BCUT2D eigenvalue weighted by Crippen LogP contribution is -2.32. The molecule has 1 amide bonds. The lowest BCUT2D eigenvalue weighted by Gasteiger charge is -2.25. The molecular formula is C27H30N2O5. The minimum atomic E-state index is -0.744. The molecule has 1 fully saturated rings. The number of hydrogen-bond donors (Lipinski definition) is 2. The number of aliphatic hydroxyl groups excluding tert-OH is 1. The second-order valence-electron chi connectivity index (χ2n) is 9.44. The molecular weight excluding hydrogens is 432 g/mol. The molecule has 1 aliphatic rings. The quantitative estimate of drug-likeness (QED) is 0.319. The summed E-state index contributed by atoms with van der Waals surface area (Å²) in [7, 11) is 3.14. The normalized spacial score (nSPS) is 18.1. The van der Waals surface area contributed by atoms with Gasteiger partial charge in [0.15, 0.2) is 0 Å². The predicted octanol–water partition coefficient (Wildman–Crippen LogP) is 4.54. The first-order valence-corrected chi connectivity index (χ1v) is 11.2. The van der Waals surface area contributed by atoms with Crippen molar-refractivity contribution in [2.24, 2.45) is 0 Å². The van der Waals surface area contributed by atoms with Crippen molar-refractivity contribution < 1.29 is 24.2 Å². The molecule has 4 rings (SSSR count). The number of ketones is 1. The lowest BCUT2D eigenvalue weighted by atomic mass is 9.84. The van der Waals surface area contributed by atoms with Crippen LogP contribution < -0.4 is 4.74 Å². The molecule has 0 bridgehead atoms. The SMILES string of the molecule is COCCN1C(=O)C(=O)/C(=C(/O)c2ccc(OC)c(C(C)(C)C)c2)C1c1c[nH]c2ccccc12. The Kier molecular flexibility index (Phi) is 6.23. The van der Waals surface area contributed by atoms with Crippen LogP contribution in [-0.4, -0.2) is 54.1 Å². The molecule has 0 aliphatic carbocycles. The predicted molar refractivity (Wildman–Crippen MR) is 131 cm³/mol. The van der Waals surface area contributed by atoms with Crippen molar-refractivity contribution in [3.05, 3.63) is 70.9 Å². The average molecular weight is 463 g/mol. The molecule has 2 N–H and O–H groups in total. The van der Waals surface area contributed by atoms with Gasteiger partial charge >= 0.3 is 0 Å². The van der Waals surface area contributed by atoms with Crippen molar-refractivity contribution >= 4 is 28.4 Å². The molecule has 1 aliphatic heterocycles. The van der Waals surface area contributed by atoms with E-state index in [1.807, 2.05) is 51.1 Å². The summed E-state index contributed by atoms with van der Waals surface area (Å²) in [4.78, 5) is 31.0. The van der Waals surface area contributed by atoms with E-state index in [4.69, 9.17) is 9.47 Å². The second kappa shape index (κ2) is 8.99. The van der Waals surface area contributed by atoms with Crippen molar-refractivity contribution in [2.45, 2.75) is 32.2 Å². The van der Waals surface area contributed by atoms with Crippen LogP contribution in [0.3, 0.4) is 0 Å². The number of H-pyrrole nitrogens is 1. The average Bonchev–Trinajstić information content (AvgIpc) is 3.35. The van der Waals surface area contributed by atoms with Gasteiger partial charge in [-0.25, -0.2) is 0 Å². The molecule has 0 saturated carbocycles. The molecule has 1 saturated heterocycles. The first kappa shape index (κ1) is 23.6. The van der Waals surface area contributed by atoms with Crippen LogP contribution in [0.4, 0.5) is 0 Å². The van der Waals surface area contributed by atoms with Gasteiger partial charge in [0.05, 0.1) is 25.3 Å². The van der Waals surface area contributed by atoms with Crippen molar-refractivity contribution in [3.8, 4) is 5.75 Å². The smallest absolute Gasteiger partial charge is 0.295 e. The maximum absolute atomic E-state index is 13.3. The highest BCUT2D eigenvalue weighted by Crippen LogP contribution is 2.42. The van der Waals surface area contributed by atoms with Crippen molar-refractivity contribution in [3.63, 3.8) is 0 Å². The third-order valence-electron chi connectivity index (χ3n) is 6.27. The van der Waals surface area contributed by atoms with Crippen molar-refractivity contribution in [1.29, 1.82) is 0 Å². The number of nitrogens with one attached hydrogen (secondary N) is 1.